The minimum absolute atomic E-state index is 0.0117. The van der Waals surface area contributed by atoms with E-state index in [-0.39, 0.29) is 6.54 Å². The molecule has 4 nitrogen and oxygen atoms in total. The summed E-state index contributed by atoms with van der Waals surface area (Å²) in [5.74, 6) is 0. The Morgan fingerprint density at radius 3 is 2.86 bits per heavy atom. The number of nitrogens with one attached hydrogen (secondary N) is 1. The summed E-state index contributed by atoms with van der Waals surface area (Å²) >= 11 is 1.70. The summed E-state index contributed by atoms with van der Waals surface area (Å²) in [6.45, 7) is 2.56. The molecule has 1 unspecified atom stereocenters. The maximum absolute atomic E-state index is 12.4. The minimum atomic E-state index is -4.75. The number of rotatable bonds is 5. The van der Waals surface area contributed by atoms with Gasteiger partial charge in [-0.15, -0.1) is 11.3 Å². The van der Waals surface area contributed by atoms with Gasteiger partial charge in [-0.25, -0.2) is 13.1 Å². The molecule has 2 heterocycles. The first-order valence-corrected chi connectivity index (χ1v) is 8.95. The highest BCUT2D eigenvalue weighted by Gasteiger charge is 2.44. The fourth-order valence-corrected chi connectivity index (χ4v) is 4.01. The molecule has 9 heteroatoms. The Morgan fingerprint density at radius 2 is 2.19 bits per heavy atom. The Bertz CT molecular complexity index is 584. The molecular weight excluding hydrogens is 325 g/mol. The standard InChI is InChI=1S/C12H17F3N2O2S2/c1-9(12(13,14)15)21(18,19)16-4-6-17-5-2-11-10(8-17)3-7-20-11/h3,7,9,16H,2,4-6,8H2,1H3. The third-order valence-electron chi connectivity index (χ3n) is 3.54. The van der Waals surface area contributed by atoms with E-state index in [2.05, 4.69) is 0 Å². The average Bonchev–Trinajstić information content (AvgIpc) is 2.84. The van der Waals surface area contributed by atoms with Gasteiger partial charge in [-0.2, -0.15) is 13.2 Å². The van der Waals surface area contributed by atoms with Crippen LogP contribution in [0.4, 0.5) is 13.2 Å². The third-order valence-corrected chi connectivity index (χ3v) is 6.37. The van der Waals surface area contributed by atoms with E-state index in [1.165, 1.54) is 10.4 Å². The molecule has 1 N–H and O–H groups in total. The van der Waals surface area contributed by atoms with Gasteiger partial charge in [0.05, 0.1) is 0 Å². The largest absolute Gasteiger partial charge is 0.406 e. The number of hydrogen-bond acceptors (Lipinski definition) is 4. The molecule has 120 valence electrons. The van der Waals surface area contributed by atoms with Gasteiger partial charge in [0, 0.05) is 31.1 Å². The molecule has 2 rings (SSSR count). The molecular formula is C12H17F3N2O2S2. The van der Waals surface area contributed by atoms with Crippen molar-refractivity contribution in [3.05, 3.63) is 21.9 Å². The van der Waals surface area contributed by atoms with Gasteiger partial charge in [-0.1, -0.05) is 0 Å². The SMILES string of the molecule is CC(C(F)(F)F)S(=O)(=O)NCCN1CCc2sccc2C1. The van der Waals surface area contributed by atoms with Crippen molar-refractivity contribution in [3.8, 4) is 0 Å². The summed E-state index contributed by atoms with van der Waals surface area (Å²) in [6.07, 6.45) is -3.85. The second kappa shape index (κ2) is 6.23. The van der Waals surface area contributed by atoms with E-state index in [0.29, 0.717) is 13.5 Å². The van der Waals surface area contributed by atoms with Crippen molar-refractivity contribution in [1.82, 2.24) is 9.62 Å². The number of sulfonamides is 1. The van der Waals surface area contributed by atoms with E-state index in [1.807, 2.05) is 21.1 Å². The van der Waals surface area contributed by atoms with Crippen LogP contribution in [0.3, 0.4) is 0 Å². The van der Waals surface area contributed by atoms with Gasteiger partial charge in [0.2, 0.25) is 10.0 Å². The van der Waals surface area contributed by atoms with Crippen LogP contribution in [0.2, 0.25) is 0 Å². The molecule has 0 saturated carbocycles. The maximum atomic E-state index is 12.4. The highest BCUT2D eigenvalue weighted by atomic mass is 32.2. The summed E-state index contributed by atoms with van der Waals surface area (Å²) in [7, 11) is -4.37. The molecule has 1 aliphatic heterocycles. The Kier molecular flexibility index (Phi) is 4.96. The van der Waals surface area contributed by atoms with Crippen molar-refractivity contribution in [2.75, 3.05) is 19.6 Å². The summed E-state index contributed by atoms with van der Waals surface area (Å²) < 4.78 is 62.4. The first-order valence-electron chi connectivity index (χ1n) is 6.53. The van der Waals surface area contributed by atoms with Crippen LogP contribution in [0.15, 0.2) is 11.4 Å². The fourth-order valence-electron chi connectivity index (χ4n) is 2.14. The van der Waals surface area contributed by atoms with Crippen molar-refractivity contribution in [3.63, 3.8) is 0 Å². The van der Waals surface area contributed by atoms with Gasteiger partial charge < -0.3 is 0 Å². The second-order valence-electron chi connectivity index (χ2n) is 5.02. The molecule has 1 aliphatic rings. The lowest BCUT2D eigenvalue weighted by atomic mass is 10.1. The average molecular weight is 342 g/mol. The number of thiophene rings is 1. The first kappa shape index (κ1) is 16.7. The topological polar surface area (TPSA) is 49.4 Å². The Balaban J connectivity index is 1.83. The normalized spacial score (nSPS) is 18.5. The van der Waals surface area contributed by atoms with Crippen molar-refractivity contribution in [1.29, 1.82) is 0 Å². The van der Waals surface area contributed by atoms with Gasteiger partial charge in [-0.3, -0.25) is 4.90 Å². The molecule has 0 radical (unpaired) electrons. The number of nitrogens with zero attached hydrogens (tertiary/aromatic N) is 1. The van der Waals surface area contributed by atoms with E-state index in [1.54, 1.807) is 11.3 Å². The van der Waals surface area contributed by atoms with Crippen LogP contribution < -0.4 is 4.72 Å². The van der Waals surface area contributed by atoms with Crippen LogP contribution in [0.5, 0.6) is 0 Å². The summed E-state index contributed by atoms with van der Waals surface area (Å²) in [5, 5.41) is -0.378. The van der Waals surface area contributed by atoms with Crippen LogP contribution >= 0.6 is 11.3 Å². The van der Waals surface area contributed by atoms with E-state index in [4.69, 9.17) is 0 Å². The molecule has 0 amide bonds. The van der Waals surface area contributed by atoms with Crippen LogP contribution in [0, 0.1) is 0 Å². The summed E-state index contributed by atoms with van der Waals surface area (Å²) in [5.41, 5.74) is 1.22. The van der Waals surface area contributed by atoms with E-state index < -0.39 is 21.4 Å². The smallest absolute Gasteiger partial charge is 0.297 e. The van der Waals surface area contributed by atoms with Crippen LogP contribution in [0.25, 0.3) is 0 Å². The van der Waals surface area contributed by atoms with Crippen LogP contribution in [-0.4, -0.2) is 44.4 Å². The van der Waals surface area contributed by atoms with Crippen LogP contribution in [-0.2, 0) is 23.0 Å². The van der Waals surface area contributed by atoms with Crippen molar-refractivity contribution >= 4 is 21.4 Å². The third kappa shape index (κ3) is 4.18. The molecule has 0 aliphatic carbocycles. The number of alkyl halides is 3. The van der Waals surface area contributed by atoms with Gasteiger partial charge in [-0.05, 0) is 30.4 Å². The minimum Gasteiger partial charge on any atom is -0.297 e. The van der Waals surface area contributed by atoms with Gasteiger partial charge in [0.25, 0.3) is 0 Å². The zero-order chi connectivity index (χ0) is 15.7. The Hall–Kier alpha value is -0.640. The van der Waals surface area contributed by atoms with Crippen molar-refractivity contribution in [2.24, 2.45) is 0 Å². The van der Waals surface area contributed by atoms with Gasteiger partial charge in [0.15, 0.2) is 5.25 Å². The van der Waals surface area contributed by atoms with Crippen molar-refractivity contribution < 1.29 is 21.6 Å². The van der Waals surface area contributed by atoms with Crippen molar-refractivity contribution in [2.45, 2.75) is 31.3 Å². The molecule has 1 aromatic heterocycles. The summed E-state index contributed by atoms with van der Waals surface area (Å²) in [4.78, 5) is 3.37. The molecule has 0 bridgehead atoms. The molecule has 0 aromatic carbocycles. The maximum Gasteiger partial charge on any atom is 0.406 e. The monoisotopic (exact) mass is 342 g/mol. The first-order chi connectivity index (χ1) is 9.70. The zero-order valence-electron chi connectivity index (χ0n) is 11.5. The lowest BCUT2D eigenvalue weighted by molar-refractivity contribution is -0.127. The molecule has 0 fully saturated rings. The Labute approximate surface area is 126 Å². The predicted molar refractivity (Wildman–Crippen MR) is 75.7 cm³/mol. The number of halogens is 3. The lowest BCUT2D eigenvalue weighted by Crippen LogP contribution is -2.44. The quantitative estimate of drug-likeness (QED) is 0.890. The summed E-state index contributed by atoms with van der Waals surface area (Å²) in [6, 6.07) is 2.03. The molecule has 0 spiro atoms. The lowest BCUT2D eigenvalue weighted by Gasteiger charge is -2.27. The van der Waals surface area contributed by atoms with E-state index >= 15 is 0 Å². The molecule has 21 heavy (non-hydrogen) atoms. The van der Waals surface area contributed by atoms with E-state index in [9.17, 15) is 21.6 Å². The van der Waals surface area contributed by atoms with Gasteiger partial charge in [0.1, 0.15) is 0 Å². The molecule has 0 saturated heterocycles. The van der Waals surface area contributed by atoms with Gasteiger partial charge >= 0.3 is 6.18 Å². The fraction of sp³-hybridized carbons (Fsp3) is 0.667. The van der Waals surface area contributed by atoms with E-state index in [0.717, 1.165) is 19.5 Å². The second-order valence-corrected chi connectivity index (χ2v) is 8.10. The zero-order valence-corrected chi connectivity index (χ0v) is 13.1. The predicted octanol–water partition coefficient (Wildman–Crippen LogP) is 1.98. The Morgan fingerprint density at radius 1 is 1.48 bits per heavy atom. The highest BCUT2D eigenvalue weighted by Crippen LogP contribution is 2.25. The number of hydrogen-bond donors (Lipinski definition) is 1. The molecule has 1 atom stereocenters. The number of fused-ring (bicyclic) bond motifs is 1. The van der Waals surface area contributed by atoms with Crippen LogP contribution in [0.1, 0.15) is 17.4 Å². The molecule has 1 aromatic rings. The highest BCUT2D eigenvalue weighted by molar-refractivity contribution is 7.90.